The summed E-state index contributed by atoms with van der Waals surface area (Å²) >= 11 is 3.01. The van der Waals surface area contributed by atoms with E-state index in [-0.39, 0.29) is 10.5 Å². The van der Waals surface area contributed by atoms with Crippen molar-refractivity contribution in [2.75, 3.05) is 13.2 Å². The van der Waals surface area contributed by atoms with Gasteiger partial charge in [-0.05, 0) is 60.8 Å². The third-order valence-electron chi connectivity index (χ3n) is 3.81. The van der Waals surface area contributed by atoms with Crippen LogP contribution < -0.4 is 5.32 Å². The molecule has 0 saturated carbocycles. The van der Waals surface area contributed by atoms with Crippen LogP contribution >= 0.6 is 15.9 Å². The molecule has 2 unspecified atom stereocenters. The number of benzene rings is 1. The number of hydrogen-bond donors (Lipinski definition) is 1. The van der Waals surface area contributed by atoms with Crippen molar-refractivity contribution in [2.45, 2.75) is 44.8 Å². The lowest BCUT2D eigenvalue weighted by Crippen LogP contribution is -2.42. The van der Waals surface area contributed by atoms with E-state index in [0.717, 1.165) is 25.8 Å². The molecule has 1 heterocycles. The van der Waals surface area contributed by atoms with E-state index in [0.29, 0.717) is 12.2 Å². The summed E-state index contributed by atoms with van der Waals surface area (Å²) in [6.07, 6.45) is 2.71. The molecule has 0 aromatic heterocycles. The van der Waals surface area contributed by atoms with Crippen molar-refractivity contribution in [3.63, 3.8) is 0 Å². The second-order valence-electron chi connectivity index (χ2n) is 5.44. The molecule has 0 amide bonds. The molecule has 1 aliphatic heterocycles. The maximum Gasteiger partial charge on any atom is 0.137 e. The van der Waals surface area contributed by atoms with Gasteiger partial charge in [0, 0.05) is 12.2 Å². The van der Waals surface area contributed by atoms with E-state index in [1.165, 1.54) is 12.1 Å². The van der Waals surface area contributed by atoms with Gasteiger partial charge in [-0.15, -0.1) is 0 Å². The van der Waals surface area contributed by atoms with Gasteiger partial charge in [-0.1, -0.05) is 6.92 Å². The molecule has 5 heteroatoms. The summed E-state index contributed by atoms with van der Waals surface area (Å²) in [5.74, 6) is -0.866. The van der Waals surface area contributed by atoms with Crippen LogP contribution in [0.15, 0.2) is 16.6 Å². The molecule has 1 N–H and O–H groups in total. The van der Waals surface area contributed by atoms with Crippen LogP contribution in [0.3, 0.4) is 0 Å². The van der Waals surface area contributed by atoms with Crippen molar-refractivity contribution in [3.8, 4) is 0 Å². The fourth-order valence-corrected chi connectivity index (χ4v) is 3.05. The SMILES string of the molecule is CCCNC(c1cc(F)c(Br)cc1F)C1(C)CCCO1. The third-order valence-corrected chi connectivity index (χ3v) is 4.42. The largest absolute Gasteiger partial charge is 0.373 e. The minimum Gasteiger partial charge on any atom is -0.373 e. The van der Waals surface area contributed by atoms with Crippen molar-refractivity contribution in [3.05, 3.63) is 33.8 Å². The van der Waals surface area contributed by atoms with Crippen molar-refractivity contribution in [2.24, 2.45) is 0 Å². The molecule has 0 bridgehead atoms. The van der Waals surface area contributed by atoms with E-state index in [9.17, 15) is 8.78 Å². The van der Waals surface area contributed by atoms with E-state index in [1.54, 1.807) is 0 Å². The molecule has 1 fully saturated rings. The van der Waals surface area contributed by atoms with Crippen LogP contribution in [0.4, 0.5) is 8.78 Å². The van der Waals surface area contributed by atoms with Crippen LogP contribution in [0.25, 0.3) is 0 Å². The Labute approximate surface area is 127 Å². The van der Waals surface area contributed by atoms with E-state index in [1.807, 2.05) is 13.8 Å². The quantitative estimate of drug-likeness (QED) is 0.800. The van der Waals surface area contributed by atoms with E-state index in [4.69, 9.17) is 4.74 Å². The smallest absolute Gasteiger partial charge is 0.137 e. The van der Waals surface area contributed by atoms with Crippen LogP contribution in [-0.4, -0.2) is 18.8 Å². The van der Waals surface area contributed by atoms with Gasteiger partial charge in [0.15, 0.2) is 0 Å². The number of halogens is 3. The highest BCUT2D eigenvalue weighted by Crippen LogP contribution is 2.39. The predicted octanol–water partition coefficient (Wildman–Crippen LogP) is 4.34. The first-order valence-electron chi connectivity index (χ1n) is 6.99. The molecule has 0 spiro atoms. The molecule has 1 aromatic carbocycles. The monoisotopic (exact) mass is 347 g/mol. The van der Waals surface area contributed by atoms with Gasteiger partial charge < -0.3 is 10.1 Å². The highest BCUT2D eigenvalue weighted by molar-refractivity contribution is 9.10. The third kappa shape index (κ3) is 3.21. The van der Waals surface area contributed by atoms with Crippen molar-refractivity contribution >= 4 is 15.9 Å². The van der Waals surface area contributed by atoms with Crippen LogP contribution in [0.1, 0.15) is 44.7 Å². The summed E-state index contributed by atoms with van der Waals surface area (Å²) in [5, 5.41) is 3.31. The van der Waals surface area contributed by atoms with E-state index < -0.39 is 17.2 Å². The highest BCUT2D eigenvalue weighted by Gasteiger charge is 2.40. The second-order valence-corrected chi connectivity index (χ2v) is 6.29. The van der Waals surface area contributed by atoms with Gasteiger partial charge >= 0.3 is 0 Å². The Kier molecular flexibility index (Phi) is 5.15. The van der Waals surface area contributed by atoms with Crippen molar-refractivity contribution in [1.29, 1.82) is 0 Å². The van der Waals surface area contributed by atoms with Gasteiger partial charge in [0.2, 0.25) is 0 Å². The predicted molar refractivity (Wildman–Crippen MR) is 78.7 cm³/mol. The molecule has 0 radical (unpaired) electrons. The lowest BCUT2D eigenvalue weighted by molar-refractivity contribution is -0.0134. The Balaban J connectivity index is 2.38. The molecule has 1 saturated heterocycles. The standard InChI is InChI=1S/C15H20BrF2NO/c1-3-6-19-14(15(2)5-4-7-20-15)10-8-13(18)11(16)9-12(10)17/h8-9,14,19H,3-7H2,1-2H3. The van der Waals surface area contributed by atoms with Gasteiger partial charge in [0.25, 0.3) is 0 Å². The molecule has 1 aliphatic rings. The first kappa shape index (κ1) is 15.9. The number of rotatable bonds is 5. The molecule has 112 valence electrons. The lowest BCUT2D eigenvalue weighted by Gasteiger charge is -2.34. The maximum absolute atomic E-state index is 14.2. The summed E-state index contributed by atoms with van der Waals surface area (Å²) in [5.41, 5.74) is -0.153. The van der Waals surface area contributed by atoms with Gasteiger partial charge in [0.05, 0.1) is 16.1 Å². The summed E-state index contributed by atoms with van der Waals surface area (Å²) in [6.45, 7) is 5.41. The molecule has 2 rings (SSSR count). The Morgan fingerprint density at radius 3 is 2.75 bits per heavy atom. The minimum absolute atomic E-state index is 0.144. The average molecular weight is 348 g/mol. The zero-order valence-electron chi connectivity index (χ0n) is 11.8. The Morgan fingerprint density at radius 2 is 2.15 bits per heavy atom. The fraction of sp³-hybridized carbons (Fsp3) is 0.600. The zero-order valence-corrected chi connectivity index (χ0v) is 13.4. The van der Waals surface area contributed by atoms with E-state index in [2.05, 4.69) is 21.2 Å². The Bertz CT molecular complexity index is 475. The second kappa shape index (κ2) is 6.50. The molecule has 1 aromatic rings. The fourth-order valence-electron chi connectivity index (χ4n) is 2.73. The topological polar surface area (TPSA) is 21.3 Å². The molecule has 2 atom stereocenters. The van der Waals surface area contributed by atoms with Gasteiger partial charge in [-0.2, -0.15) is 0 Å². The van der Waals surface area contributed by atoms with E-state index >= 15 is 0 Å². The van der Waals surface area contributed by atoms with Crippen LogP contribution in [0, 0.1) is 11.6 Å². The van der Waals surface area contributed by atoms with Crippen molar-refractivity contribution < 1.29 is 13.5 Å². The minimum atomic E-state index is -0.490. The van der Waals surface area contributed by atoms with Crippen LogP contribution in [-0.2, 0) is 4.74 Å². The van der Waals surface area contributed by atoms with Gasteiger partial charge in [0.1, 0.15) is 11.6 Å². The molecular formula is C15H20BrF2NO. The number of hydrogen-bond acceptors (Lipinski definition) is 2. The number of ether oxygens (including phenoxy) is 1. The molecule has 20 heavy (non-hydrogen) atoms. The highest BCUT2D eigenvalue weighted by atomic mass is 79.9. The molecular weight excluding hydrogens is 328 g/mol. The summed E-state index contributed by atoms with van der Waals surface area (Å²) < 4.78 is 34.0. The van der Waals surface area contributed by atoms with Gasteiger partial charge in [-0.25, -0.2) is 8.78 Å². The lowest BCUT2D eigenvalue weighted by atomic mass is 9.87. The average Bonchev–Trinajstić information content (AvgIpc) is 2.83. The number of nitrogens with one attached hydrogen (secondary N) is 1. The van der Waals surface area contributed by atoms with Crippen LogP contribution in [0.2, 0.25) is 0 Å². The first-order chi connectivity index (χ1) is 9.48. The van der Waals surface area contributed by atoms with Crippen LogP contribution in [0.5, 0.6) is 0 Å². The molecule has 2 nitrogen and oxygen atoms in total. The summed E-state index contributed by atoms with van der Waals surface area (Å²) in [6, 6.07) is 2.11. The normalized spacial score (nSPS) is 24.1. The maximum atomic E-state index is 14.2. The summed E-state index contributed by atoms with van der Waals surface area (Å²) in [4.78, 5) is 0. The zero-order chi connectivity index (χ0) is 14.8. The van der Waals surface area contributed by atoms with Gasteiger partial charge in [-0.3, -0.25) is 0 Å². The Hall–Kier alpha value is -0.520. The first-order valence-corrected chi connectivity index (χ1v) is 7.79. The molecule has 0 aliphatic carbocycles. The summed E-state index contributed by atoms with van der Waals surface area (Å²) in [7, 11) is 0. The Morgan fingerprint density at radius 1 is 1.40 bits per heavy atom. The van der Waals surface area contributed by atoms with Crippen molar-refractivity contribution in [1.82, 2.24) is 5.32 Å².